The average molecular weight is 497 g/mol. The lowest BCUT2D eigenvalue weighted by Crippen LogP contribution is -2.39. The van der Waals surface area contributed by atoms with Gasteiger partial charge in [0.05, 0.1) is 23.9 Å². The number of amides is 1. The Morgan fingerprint density at radius 1 is 1.14 bits per heavy atom. The summed E-state index contributed by atoms with van der Waals surface area (Å²) >= 11 is 5.99. The third kappa shape index (κ3) is 4.75. The van der Waals surface area contributed by atoms with Crippen molar-refractivity contribution in [2.45, 2.75) is 39.8 Å². The fraction of sp³-hybridized carbons (Fsp3) is 0.370. The van der Waals surface area contributed by atoms with Crippen LogP contribution < -0.4 is 4.90 Å². The molecule has 0 saturated carbocycles. The highest BCUT2D eigenvalue weighted by atomic mass is 35.5. The van der Waals surface area contributed by atoms with E-state index in [4.69, 9.17) is 21.3 Å². The van der Waals surface area contributed by atoms with Gasteiger partial charge in [0.25, 0.3) is 5.91 Å². The lowest BCUT2D eigenvalue weighted by Gasteiger charge is -2.34. The molecule has 1 fully saturated rings. The van der Waals surface area contributed by atoms with E-state index in [1.54, 1.807) is 30.3 Å². The number of benzene rings is 1. The second-order valence-electron chi connectivity index (χ2n) is 8.54. The van der Waals surface area contributed by atoms with E-state index >= 15 is 0 Å². The first kappa shape index (κ1) is 25.1. The number of hydrogen-bond donors (Lipinski definition) is 0. The zero-order valence-electron chi connectivity index (χ0n) is 20.7. The van der Waals surface area contributed by atoms with Gasteiger partial charge in [-0.3, -0.25) is 9.78 Å². The van der Waals surface area contributed by atoms with Crippen molar-refractivity contribution in [3.63, 3.8) is 0 Å². The molecular weight excluding hydrogens is 467 g/mol. The number of anilines is 1. The summed E-state index contributed by atoms with van der Waals surface area (Å²) in [6.07, 6.45) is 1.63. The number of pyridine rings is 2. The van der Waals surface area contributed by atoms with E-state index in [0.717, 1.165) is 16.8 Å². The Labute approximate surface area is 210 Å². The zero-order chi connectivity index (χ0) is 25.3. The van der Waals surface area contributed by atoms with Crippen LogP contribution in [-0.2, 0) is 4.74 Å². The molecule has 2 aliphatic heterocycles. The lowest BCUT2D eigenvalue weighted by molar-refractivity contribution is 0.0394. The Morgan fingerprint density at radius 3 is 2.63 bits per heavy atom. The summed E-state index contributed by atoms with van der Waals surface area (Å²) in [6.45, 7) is 9.58. The molecule has 5 rings (SSSR count). The number of fused-ring (bicyclic) bond motifs is 1. The number of halogens is 2. The number of rotatable bonds is 3. The molecule has 2 aliphatic rings. The fourth-order valence-electron chi connectivity index (χ4n) is 4.58. The topological polar surface area (TPSA) is 58.6 Å². The molecule has 0 unspecified atom stereocenters. The maximum absolute atomic E-state index is 15.0. The summed E-state index contributed by atoms with van der Waals surface area (Å²) in [6, 6.07) is 10.1. The van der Waals surface area contributed by atoms with Gasteiger partial charge < -0.3 is 14.5 Å². The summed E-state index contributed by atoms with van der Waals surface area (Å²) in [5.74, 6) is 0.0787. The molecule has 4 heterocycles. The van der Waals surface area contributed by atoms with Gasteiger partial charge in [-0.15, -0.1) is 0 Å². The number of carbonyl (C=O) groups is 1. The number of morpholine rings is 1. The number of aryl methyl sites for hydroxylation is 1. The van der Waals surface area contributed by atoms with Gasteiger partial charge in [-0.1, -0.05) is 25.4 Å². The summed E-state index contributed by atoms with van der Waals surface area (Å²) in [5.41, 5.74) is 4.07. The van der Waals surface area contributed by atoms with Crippen molar-refractivity contribution in [1.82, 2.24) is 14.9 Å². The van der Waals surface area contributed by atoms with Gasteiger partial charge in [0.1, 0.15) is 17.7 Å². The van der Waals surface area contributed by atoms with Crippen molar-refractivity contribution < 1.29 is 13.9 Å². The van der Waals surface area contributed by atoms with Crippen molar-refractivity contribution in [3.8, 4) is 11.3 Å². The first-order valence-electron chi connectivity index (χ1n) is 11.9. The molecule has 35 heavy (non-hydrogen) atoms. The van der Waals surface area contributed by atoms with Crippen molar-refractivity contribution >= 4 is 23.3 Å². The van der Waals surface area contributed by atoms with Crippen LogP contribution in [0.1, 0.15) is 60.1 Å². The standard InChI is InChI=1S/C25H24ClFN4O2.C2H6/c1-14-10-16(6-7-28-14)21-13-31(8-9-33-21)22-12-19-23(15(2)30(3)25(19)32)24(29-22)18-5-4-17(26)11-20(18)27;1-2/h4-7,10-12,15,21H,8-9,13H2,1-3H3;1-2H3/t15-,21+;/m0./s1. The van der Waals surface area contributed by atoms with Crippen molar-refractivity contribution in [3.05, 3.63) is 75.8 Å². The predicted octanol–water partition coefficient (Wildman–Crippen LogP) is 6.00. The smallest absolute Gasteiger partial charge is 0.254 e. The van der Waals surface area contributed by atoms with Gasteiger partial charge in [0.2, 0.25) is 0 Å². The summed E-state index contributed by atoms with van der Waals surface area (Å²) < 4.78 is 21.0. The molecule has 0 radical (unpaired) electrons. The molecule has 1 saturated heterocycles. The number of ether oxygens (including phenoxy) is 1. The second-order valence-corrected chi connectivity index (χ2v) is 8.98. The molecule has 3 aromatic rings. The van der Waals surface area contributed by atoms with Crippen LogP contribution >= 0.6 is 11.6 Å². The van der Waals surface area contributed by atoms with E-state index < -0.39 is 5.82 Å². The van der Waals surface area contributed by atoms with Crippen LogP contribution in [0, 0.1) is 12.7 Å². The maximum Gasteiger partial charge on any atom is 0.254 e. The molecule has 6 nitrogen and oxygen atoms in total. The molecule has 2 aromatic heterocycles. The third-order valence-electron chi connectivity index (χ3n) is 6.46. The first-order chi connectivity index (χ1) is 16.8. The van der Waals surface area contributed by atoms with E-state index in [-0.39, 0.29) is 18.1 Å². The molecule has 184 valence electrons. The van der Waals surface area contributed by atoms with Crippen LogP contribution in [0.3, 0.4) is 0 Å². The Morgan fingerprint density at radius 2 is 1.91 bits per heavy atom. The molecule has 0 aliphatic carbocycles. The zero-order valence-corrected chi connectivity index (χ0v) is 21.4. The molecule has 0 bridgehead atoms. The van der Waals surface area contributed by atoms with Crippen molar-refractivity contribution in [2.75, 3.05) is 31.6 Å². The van der Waals surface area contributed by atoms with Crippen LogP contribution in [0.5, 0.6) is 0 Å². The van der Waals surface area contributed by atoms with E-state index in [1.807, 2.05) is 45.9 Å². The fourth-order valence-corrected chi connectivity index (χ4v) is 4.74. The second kappa shape index (κ2) is 10.3. The SMILES string of the molecule is CC.Cc1cc([C@H]2CN(c3cc4c(c(-c5ccc(Cl)cc5F)n3)[C@H](C)N(C)C4=O)CCO2)ccn1. The van der Waals surface area contributed by atoms with E-state index in [0.29, 0.717) is 47.4 Å². The molecule has 0 N–H and O–H groups in total. The Balaban J connectivity index is 0.00000141. The number of hydrogen-bond acceptors (Lipinski definition) is 5. The molecule has 2 atom stereocenters. The van der Waals surface area contributed by atoms with Crippen molar-refractivity contribution in [1.29, 1.82) is 0 Å². The molecule has 1 aromatic carbocycles. The van der Waals surface area contributed by atoms with Crippen molar-refractivity contribution in [2.24, 2.45) is 0 Å². The van der Waals surface area contributed by atoms with E-state index in [9.17, 15) is 9.18 Å². The number of aromatic nitrogens is 2. The quantitative estimate of drug-likeness (QED) is 0.445. The summed E-state index contributed by atoms with van der Waals surface area (Å²) in [7, 11) is 1.76. The summed E-state index contributed by atoms with van der Waals surface area (Å²) in [4.78, 5) is 25.9. The van der Waals surface area contributed by atoms with Gasteiger partial charge in [-0.2, -0.15) is 0 Å². The van der Waals surface area contributed by atoms with Gasteiger partial charge in [-0.25, -0.2) is 9.37 Å². The minimum Gasteiger partial charge on any atom is -0.370 e. The van der Waals surface area contributed by atoms with Crippen LogP contribution in [-0.4, -0.2) is 47.5 Å². The number of nitrogens with zero attached hydrogens (tertiary/aromatic N) is 4. The Kier molecular flexibility index (Phi) is 7.38. The molecule has 0 spiro atoms. The van der Waals surface area contributed by atoms with Gasteiger partial charge in [0, 0.05) is 48.2 Å². The van der Waals surface area contributed by atoms with Crippen LogP contribution in [0.15, 0.2) is 42.6 Å². The maximum atomic E-state index is 15.0. The molecular formula is C27H30ClFN4O2. The van der Waals surface area contributed by atoms with Crippen LogP contribution in [0.4, 0.5) is 10.2 Å². The van der Waals surface area contributed by atoms with Gasteiger partial charge in [-0.05, 0) is 55.8 Å². The largest absolute Gasteiger partial charge is 0.370 e. The highest BCUT2D eigenvalue weighted by Crippen LogP contribution is 2.41. The van der Waals surface area contributed by atoms with Crippen LogP contribution in [0.25, 0.3) is 11.3 Å². The highest BCUT2D eigenvalue weighted by molar-refractivity contribution is 6.30. The van der Waals surface area contributed by atoms with Crippen LogP contribution in [0.2, 0.25) is 5.02 Å². The monoisotopic (exact) mass is 496 g/mol. The Bertz CT molecular complexity index is 1250. The first-order valence-corrected chi connectivity index (χ1v) is 12.3. The Hall–Kier alpha value is -3.03. The third-order valence-corrected chi connectivity index (χ3v) is 6.70. The predicted molar refractivity (Wildman–Crippen MR) is 136 cm³/mol. The van der Waals surface area contributed by atoms with Gasteiger partial charge in [0.15, 0.2) is 0 Å². The van der Waals surface area contributed by atoms with Gasteiger partial charge >= 0.3 is 0 Å². The molecule has 1 amide bonds. The highest BCUT2D eigenvalue weighted by Gasteiger charge is 2.36. The van der Waals surface area contributed by atoms with E-state index in [2.05, 4.69) is 9.88 Å². The van der Waals surface area contributed by atoms with E-state index in [1.165, 1.54) is 6.07 Å². The normalized spacial score (nSPS) is 19.3. The lowest BCUT2D eigenvalue weighted by atomic mass is 9.98. The minimum atomic E-state index is -0.462. The average Bonchev–Trinajstić information content (AvgIpc) is 3.09. The summed E-state index contributed by atoms with van der Waals surface area (Å²) in [5, 5.41) is 0.314. The number of carbonyl (C=O) groups excluding carboxylic acids is 1. The minimum absolute atomic E-state index is 0.0914. The molecule has 8 heteroatoms.